The number of hydrogen-bond donors (Lipinski definition) is 0. The van der Waals surface area contributed by atoms with Crippen molar-refractivity contribution in [1.82, 2.24) is 14.5 Å². The molecule has 1 atom stereocenters. The van der Waals surface area contributed by atoms with E-state index in [0.29, 0.717) is 0 Å². The first-order chi connectivity index (χ1) is 12.9. The highest BCUT2D eigenvalue weighted by Gasteiger charge is 2.16. The van der Waals surface area contributed by atoms with Crippen LogP contribution in [0.3, 0.4) is 0 Å². The molecule has 0 amide bonds. The van der Waals surface area contributed by atoms with E-state index in [2.05, 4.69) is 63.1 Å². The predicted molar refractivity (Wildman–Crippen MR) is 98.1 cm³/mol. The van der Waals surface area contributed by atoms with Crippen molar-refractivity contribution in [1.29, 1.82) is 0 Å². The standard InChI is InChI=1S/C19H15N3.H2O4S/c1-2-5-15(6-3-1)19(22-12-11-20-14-22)17-8-9-18-16(13-17)7-4-10-21-18;1-5(2,3)4/h1-14,19H;(H2,1,2,3,4)/p-2. The Labute approximate surface area is 156 Å². The summed E-state index contributed by atoms with van der Waals surface area (Å²) in [5, 5.41) is 1.15. The lowest BCUT2D eigenvalue weighted by molar-refractivity contribution is 0.352. The lowest BCUT2D eigenvalue weighted by Crippen LogP contribution is -2.10. The molecule has 0 N–H and O–H groups in total. The fraction of sp³-hybridized carbons (Fsp3) is 0.0526. The van der Waals surface area contributed by atoms with Crippen molar-refractivity contribution in [2.24, 2.45) is 0 Å². The van der Waals surface area contributed by atoms with Crippen LogP contribution in [-0.4, -0.2) is 32.1 Å². The van der Waals surface area contributed by atoms with Crippen molar-refractivity contribution in [3.05, 3.63) is 96.7 Å². The molecule has 27 heavy (non-hydrogen) atoms. The number of nitrogens with zero attached hydrogens (tertiary/aromatic N) is 3. The van der Waals surface area contributed by atoms with Crippen LogP contribution in [0.4, 0.5) is 0 Å². The molecule has 0 spiro atoms. The molecule has 2 heterocycles. The maximum absolute atomic E-state index is 8.52. The Morgan fingerprint density at radius 1 is 0.889 bits per heavy atom. The fourth-order valence-electron chi connectivity index (χ4n) is 2.86. The van der Waals surface area contributed by atoms with Crippen molar-refractivity contribution in [2.45, 2.75) is 6.04 Å². The molecule has 4 rings (SSSR count). The molecule has 7 nitrogen and oxygen atoms in total. The summed E-state index contributed by atoms with van der Waals surface area (Å²) in [4.78, 5) is 8.61. The van der Waals surface area contributed by atoms with Crippen molar-refractivity contribution >= 4 is 21.3 Å². The molecule has 0 saturated heterocycles. The van der Waals surface area contributed by atoms with E-state index in [1.807, 2.05) is 37.1 Å². The monoisotopic (exact) mass is 381 g/mol. The second-order valence-electron chi connectivity index (χ2n) is 5.69. The molecule has 0 aliphatic rings. The topological polar surface area (TPSA) is 111 Å². The molecule has 2 aromatic carbocycles. The van der Waals surface area contributed by atoms with E-state index in [0.717, 1.165) is 10.9 Å². The van der Waals surface area contributed by atoms with E-state index in [9.17, 15) is 0 Å². The molecule has 0 bridgehead atoms. The lowest BCUT2D eigenvalue weighted by Gasteiger charge is -2.20. The SMILES string of the molecule is O=S(=O)([O-])[O-].c1ccc(C(c2ccc3ncccc3c2)n2ccnc2)cc1. The number of pyridine rings is 1. The minimum atomic E-state index is -5.17. The van der Waals surface area contributed by atoms with Crippen LogP contribution in [0, 0.1) is 0 Å². The molecule has 1 unspecified atom stereocenters. The number of fused-ring (bicyclic) bond motifs is 1. The summed E-state index contributed by atoms with van der Waals surface area (Å²) in [6, 6.07) is 21.1. The van der Waals surface area contributed by atoms with Crippen LogP contribution in [0.5, 0.6) is 0 Å². The quantitative estimate of drug-likeness (QED) is 0.398. The average molecular weight is 381 g/mol. The second kappa shape index (κ2) is 8.09. The summed E-state index contributed by atoms with van der Waals surface area (Å²) in [6.45, 7) is 0. The molecule has 0 aliphatic carbocycles. The summed E-state index contributed by atoms with van der Waals surface area (Å²) < 4.78 is 36.2. The van der Waals surface area contributed by atoms with Crippen molar-refractivity contribution < 1.29 is 17.5 Å². The van der Waals surface area contributed by atoms with E-state index in [-0.39, 0.29) is 6.04 Å². The zero-order valence-corrected chi connectivity index (χ0v) is 14.9. The maximum Gasteiger partial charge on any atom is 0.0954 e. The van der Waals surface area contributed by atoms with Gasteiger partial charge < -0.3 is 13.7 Å². The Kier molecular flexibility index (Phi) is 5.60. The van der Waals surface area contributed by atoms with Crippen LogP contribution in [-0.2, 0) is 10.4 Å². The van der Waals surface area contributed by atoms with Gasteiger partial charge in [0.15, 0.2) is 0 Å². The summed E-state index contributed by atoms with van der Waals surface area (Å²) >= 11 is 0. The molecular formula is C19H15N3O4S-2. The van der Waals surface area contributed by atoms with Gasteiger partial charge in [0.1, 0.15) is 0 Å². The summed E-state index contributed by atoms with van der Waals surface area (Å²) in [7, 11) is -5.17. The van der Waals surface area contributed by atoms with Gasteiger partial charge in [0.2, 0.25) is 0 Å². The Morgan fingerprint density at radius 3 is 2.30 bits per heavy atom. The van der Waals surface area contributed by atoms with E-state index in [4.69, 9.17) is 17.5 Å². The number of rotatable bonds is 3. The van der Waals surface area contributed by atoms with E-state index < -0.39 is 10.4 Å². The minimum Gasteiger partial charge on any atom is -0.759 e. The van der Waals surface area contributed by atoms with Gasteiger partial charge in [-0.25, -0.2) is 4.98 Å². The third kappa shape index (κ3) is 5.20. The van der Waals surface area contributed by atoms with Crippen LogP contribution in [0.2, 0.25) is 0 Å². The number of hydrogen-bond acceptors (Lipinski definition) is 6. The largest absolute Gasteiger partial charge is 0.759 e. The third-order valence-electron chi connectivity index (χ3n) is 3.88. The molecule has 0 saturated carbocycles. The van der Waals surface area contributed by atoms with Crippen molar-refractivity contribution in [3.8, 4) is 0 Å². The zero-order chi connectivity index (χ0) is 19.3. The van der Waals surface area contributed by atoms with Gasteiger partial charge in [-0.2, -0.15) is 0 Å². The van der Waals surface area contributed by atoms with Crippen molar-refractivity contribution in [2.75, 3.05) is 0 Å². The average Bonchev–Trinajstić information content (AvgIpc) is 3.16. The molecule has 2 aromatic heterocycles. The van der Waals surface area contributed by atoms with Gasteiger partial charge in [-0.15, -0.1) is 0 Å². The molecule has 8 heteroatoms. The fourth-order valence-corrected chi connectivity index (χ4v) is 2.86. The first kappa shape index (κ1) is 18.7. The number of aromatic nitrogens is 3. The minimum absolute atomic E-state index is 0.119. The molecule has 138 valence electrons. The van der Waals surface area contributed by atoms with Crippen molar-refractivity contribution in [3.63, 3.8) is 0 Å². The van der Waals surface area contributed by atoms with E-state index in [1.165, 1.54) is 11.1 Å². The van der Waals surface area contributed by atoms with Gasteiger partial charge in [0.05, 0.1) is 17.9 Å². The highest BCUT2D eigenvalue weighted by molar-refractivity contribution is 7.79. The van der Waals surface area contributed by atoms with Crippen LogP contribution in [0.1, 0.15) is 17.2 Å². The van der Waals surface area contributed by atoms with Gasteiger partial charge in [-0.05, 0) is 29.3 Å². The second-order valence-corrected chi connectivity index (χ2v) is 6.50. The maximum atomic E-state index is 8.52. The molecule has 4 aromatic rings. The first-order valence-electron chi connectivity index (χ1n) is 7.95. The van der Waals surface area contributed by atoms with Gasteiger partial charge >= 0.3 is 0 Å². The highest BCUT2D eigenvalue weighted by atomic mass is 32.3. The Bertz CT molecular complexity index is 1110. The summed E-state index contributed by atoms with van der Waals surface area (Å²) in [6.07, 6.45) is 7.52. The predicted octanol–water partition coefficient (Wildman–Crippen LogP) is 2.73. The van der Waals surface area contributed by atoms with Crippen LogP contribution < -0.4 is 0 Å². The van der Waals surface area contributed by atoms with Crippen LogP contribution >= 0.6 is 0 Å². The van der Waals surface area contributed by atoms with Crippen LogP contribution in [0.15, 0.2) is 85.6 Å². The Hall–Kier alpha value is -3.07. The van der Waals surface area contributed by atoms with Gasteiger partial charge in [0, 0.05) is 34.4 Å². The van der Waals surface area contributed by atoms with Crippen LogP contribution in [0.25, 0.3) is 10.9 Å². The zero-order valence-electron chi connectivity index (χ0n) is 14.0. The highest BCUT2D eigenvalue weighted by Crippen LogP contribution is 2.28. The molecule has 0 radical (unpaired) electrons. The Morgan fingerprint density at radius 2 is 1.63 bits per heavy atom. The lowest BCUT2D eigenvalue weighted by atomic mass is 9.97. The van der Waals surface area contributed by atoms with Gasteiger partial charge in [-0.1, -0.05) is 42.5 Å². The smallest absolute Gasteiger partial charge is 0.0954 e. The first-order valence-corrected chi connectivity index (χ1v) is 9.29. The summed E-state index contributed by atoms with van der Waals surface area (Å²) in [5.41, 5.74) is 3.48. The Balaban J connectivity index is 0.000000376. The third-order valence-corrected chi connectivity index (χ3v) is 3.88. The molecule has 0 fully saturated rings. The van der Waals surface area contributed by atoms with Gasteiger partial charge in [-0.3, -0.25) is 13.4 Å². The normalized spacial score (nSPS) is 12.2. The summed E-state index contributed by atoms with van der Waals surface area (Å²) in [5.74, 6) is 0. The molecule has 0 aliphatic heterocycles. The van der Waals surface area contributed by atoms with Gasteiger partial charge in [0.25, 0.3) is 0 Å². The number of imidazole rings is 1. The van der Waals surface area contributed by atoms with E-state index in [1.54, 1.807) is 0 Å². The number of benzene rings is 2. The van der Waals surface area contributed by atoms with E-state index >= 15 is 0 Å². The molecular weight excluding hydrogens is 366 g/mol.